The van der Waals surface area contributed by atoms with Crippen LogP contribution in [0, 0.1) is 13.8 Å². The zero-order valence-corrected chi connectivity index (χ0v) is 14.0. The van der Waals surface area contributed by atoms with Gasteiger partial charge in [-0.05, 0) is 40.2 Å². The van der Waals surface area contributed by atoms with Crippen LogP contribution in [0.1, 0.15) is 37.6 Å². The minimum Gasteiger partial charge on any atom is -0.389 e. The van der Waals surface area contributed by atoms with E-state index in [2.05, 4.69) is 15.5 Å². The number of carbonyl (C=O) groups excluding carboxylic acids is 1. The lowest BCUT2D eigenvalue weighted by Gasteiger charge is -2.24. The van der Waals surface area contributed by atoms with Gasteiger partial charge in [0.25, 0.3) is 0 Å². The molecule has 0 aliphatic rings. The lowest BCUT2D eigenvalue weighted by Crippen LogP contribution is -2.41. The monoisotopic (exact) mass is 309 g/mol. The van der Waals surface area contributed by atoms with Crippen molar-refractivity contribution in [1.82, 2.24) is 15.1 Å². The highest BCUT2D eigenvalue weighted by Gasteiger charge is 2.21. The van der Waals surface area contributed by atoms with Crippen LogP contribution in [0.4, 0.5) is 5.82 Å². The summed E-state index contributed by atoms with van der Waals surface area (Å²) >= 11 is 5.09. The van der Waals surface area contributed by atoms with Crippen LogP contribution in [-0.2, 0) is 4.79 Å². The van der Waals surface area contributed by atoms with Crippen molar-refractivity contribution in [3.63, 3.8) is 0 Å². The number of thiocarbonyl (C=S) groups is 1. The Labute approximate surface area is 131 Å². The Kier molecular flexibility index (Phi) is 6.02. The predicted octanol–water partition coefficient (Wildman–Crippen LogP) is 1.40. The first kappa shape index (κ1) is 17.3. The molecule has 0 saturated heterocycles. The van der Waals surface area contributed by atoms with Gasteiger partial charge in [-0.3, -0.25) is 4.79 Å². The largest absolute Gasteiger partial charge is 0.389 e. The highest BCUT2D eigenvalue weighted by Crippen LogP contribution is 2.19. The molecule has 1 unspecified atom stereocenters. The number of carbonyl (C=O) groups is 1. The molecule has 3 N–H and O–H groups in total. The molecule has 7 heteroatoms. The second-order valence-corrected chi connectivity index (χ2v) is 5.31. The average Bonchev–Trinajstić information content (AvgIpc) is 2.43. The summed E-state index contributed by atoms with van der Waals surface area (Å²) in [5.74, 6) is 0.465. The number of amides is 1. The zero-order chi connectivity index (χ0) is 16.2. The second kappa shape index (κ2) is 7.31. The van der Waals surface area contributed by atoms with Gasteiger partial charge in [-0.15, -0.1) is 5.10 Å². The van der Waals surface area contributed by atoms with Crippen molar-refractivity contribution >= 4 is 28.9 Å². The Balaban J connectivity index is 3.06. The number of nitrogens with zero attached hydrogens (tertiary/aromatic N) is 3. The first-order valence-electron chi connectivity index (χ1n) is 7.02. The van der Waals surface area contributed by atoms with E-state index in [0.717, 1.165) is 11.3 Å². The van der Waals surface area contributed by atoms with E-state index in [1.807, 2.05) is 27.7 Å². The molecular formula is C14H23N5OS. The molecule has 1 aromatic rings. The van der Waals surface area contributed by atoms with Crippen molar-refractivity contribution in [3.8, 4) is 0 Å². The fraction of sp³-hybridized carbons (Fsp3) is 0.571. The van der Waals surface area contributed by atoms with Crippen molar-refractivity contribution in [2.45, 2.75) is 40.7 Å². The Bertz CT molecular complexity index is 542. The van der Waals surface area contributed by atoms with Crippen LogP contribution < -0.4 is 11.1 Å². The molecule has 0 bridgehead atoms. The number of aromatic nitrogens is 2. The summed E-state index contributed by atoms with van der Waals surface area (Å²) in [6, 6.07) is -0.422. The number of nitrogens with one attached hydrogen (secondary N) is 1. The number of hydrogen-bond donors (Lipinski definition) is 2. The zero-order valence-electron chi connectivity index (χ0n) is 13.2. The molecule has 0 aromatic carbocycles. The van der Waals surface area contributed by atoms with E-state index in [9.17, 15) is 4.79 Å². The predicted molar refractivity (Wildman–Crippen MR) is 88.4 cm³/mol. The van der Waals surface area contributed by atoms with Crippen LogP contribution in [0.25, 0.3) is 0 Å². The normalized spacial score (nSPS) is 11.9. The molecule has 0 fully saturated rings. The van der Waals surface area contributed by atoms with Gasteiger partial charge in [0.1, 0.15) is 11.0 Å². The molecule has 116 valence electrons. The maximum absolute atomic E-state index is 12.3. The highest BCUT2D eigenvalue weighted by molar-refractivity contribution is 7.80. The molecule has 1 aromatic heterocycles. The van der Waals surface area contributed by atoms with E-state index in [1.165, 1.54) is 0 Å². The summed E-state index contributed by atoms with van der Waals surface area (Å²) in [4.78, 5) is 14.3. The summed E-state index contributed by atoms with van der Waals surface area (Å²) < 4.78 is 0. The van der Waals surface area contributed by atoms with Crippen LogP contribution >= 0.6 is 12.2 Å². The van der Waals surface area contributed by atoms with E-state index in [1.54, 1.807) is 11.8 Å². The van der Waals surface area contributed by atoms with Gasteiger partial charge < -0.3 is 16.0 Å². The number of anilines is 1. The average molecular weight is 309 g/mol. The molecule has 21 heavy (non-hydrogen) atoms. The molecule has 0 aliphatic carbocycles. The van der Waals surface area contributed by atoms with Gasteiger partial charge in [0.05, 0.1) is 11.3 Å². The molecule has 1 atom stereocenters. The van der Waals surface area contributed by atoms with Crippen LogP contribution in [0.3, 0.4) is 0 Å². The van der Waals surface area contributed by atoms with E-state index in [-0.39, 0.29) is 10.9 Å². The Morgan fingerprint density at radius 2 is 1.90 bits per heavy atom. The summed E-state index contributed by atoms with van der Waals surface area (Å²) in [7, 11) is 0. The number of hydrogen-bond acceptors (Lipinski definition) is 5. The van der Waals surface area contributed by atoms with E-state index >= 15 is 0 Å². The lowest BCUT2D eigenvalue weighted by molar-refractivity contribution is -0.131. The summed E-state index contributed by atoms with van der Waals surface area (Å²) in [6.45, 7) is 10.8. The van der Waals surface area contributed by atoms with Crippen LogP contribution in [0.15, 0.2) is 0 Å². The Hall–Kier alpha value is -1.76. The Morgan fingerprint density at radius 1 is 1.33 bits per heavy atom. The van der Waals surface area contributed by atoms with Gasteiger partial charge in [-0.2, -0.15) is 5.10 Å². The van der Waals surface area contributed by atoms with Crippen molar-refractivity contribution < 1.29 is 4.79 Å². The van der Waals surface area contributed by atoms with Gasteiger partial charge in [-0.1, -0.05) is 12.2 Å². The summed E-state index contributed by atoms with van der Waals surface area (Å²) in [5, 5.41) is 11.2. The van der Waals surface area contributed by atoms with E-state index in [0.29, 0.717) is 24.5 Å². The van der Waals surface area contributed by atoms with Gasteiger partial charge >= 0.3 is 0 Å². The third kappa shape index (κ3) is 3.87. The lowest BCUT2D eigenvalue weighted by atomic mass is 10.1. The molecule has 1 heterocycles. The minimum absolute atomic E-state index is 0.00826. The smallest absolute Gasteiger partial charge is 0.244 e. The van der Waals surface area contributed by atoms with Crippen molar-refractivity contribution in [3.05, 3.63) is 16.8 Å². The first-order chi connectivity index (χ1) is 9.83. The summed E-state index contributed by atoms with van der Waals surface area (Å²) in [6.07, 6.45) is 0. The molecule has 0 spiro atoms. The van der Waals surface area contributed by atoms with E-state index in [4.69, 9.17) is 18.0 Å². The molecule has 6 nitrogen and oxygen atoms in total. The number of rotatable bonds is 6. The fourth-order valence-electron chi connectivity index (χ4n) is 2.09. The fourth-order valence-corrected chi connectivity index (χ4v) is 2.34. The number of nitrogens with two attached hydrogens (primary N) is 1. The van der Waals surface area contributed by atoms with E-state index < -0.39 is 6.04 Å². The Morgan fingerprint density at radius 3 is 2.38 bits per heavy atom. The minimum atomic E-state index is -0.422. The first-order valence-corrected chi connectivity index (χ1v) is 7.43. The SMILES string of the molecule is CCN(CC)C(=O)C(C)Nc1nnc(C)c(C)c1C(N)=S. The molecule has 0 saturated carbocycles. The third-order valence-corrected chi connectivity index (χ3v) is 3.70. The highest BCUT2D eigenvalue weighted by atomic mass is 32.1. The van der Waals surface area contributed by atoms with Crippen molar-refractivity contribution in [2.75, 3.05) is 18.4 Å². The van der Waals surface area contributed by atoms with Gasteiger partial charge in [0.15, 0.2) is 5.82 Å². The van der Waals surface area contributed by atoms with Gasteiger partial charge in [-0.25, -0.2) is 0 Å². The molecule has 0 aliphatic heterocycles. The summed E-state index contributed by atoms with van der Waals surface area (Å²) in [5.41, 5.74) is 8.07. The maximum atomic E-state index is 12.3. The van der Waals surface area contributed by atoms with Crippen LogP contribution in [-0.4, -0.2) is 45.1 Å². The van der Waals surface area contributed by atoms with Crippen LogP contribution in [0.2, 0.25) is 0 Å². The molecular weight excluding hydrogens is 286 g/mol. The number of aryl methyl sites for hydroxylation is 1. The molecule has 1 rings (SSSR count). The number of likely N-dealkylation sites (N-methyl/N-ethyl adjacent to an activating group) is 1. The quantitative estimate of drug-likeness (QED) is 0.773. The van der Waals surface area contributed by atoms with Crippen LogP contribution in [0.5, 0.6) is 0 Å². The second-order valence-electron chi connectivity index (χ2n) is 4.87. The molecule has 0 radical (unpaired) electrons. The van der Waals surface area contributed by atoms with Gasteiger partial charge in [0, 0.05) is 13.1 Å². The molecule has 1 amide bonds. The van der Waals surface area contributed by atoms with Crippen molar-refractivity contribution in [1.29, 1.82) is 0 Å². The third-order valence-electron chi connectivity index (χ3n) is 3.50. The van der Waals surface area contributed by atoms with Crippen molar-refractivity contribution in [2.24, 2.45) is 5.73 Å². The maximum Gasteiger partial charge on any atom is 0.244 e. The van der Waals surface area contributed by atoms with Gasteiger partial charge in [0.2, 0.25) is 5.91 Å². The topological polar surface area (TPSA) is 84.1 Å². The standard InChI is InChI=1S/C14H23N5OS/c1-6-19(7-2)14(20)10(5)16-13-11(12(15)21)8(3)9(4)17-18-13/h10H,6-7H2,1-5H3,(H2,15,21)(H,16,18).